The van der Waals surface area contributed by atoms with Crippen LogP contribution in [0.1, 0.15) is 36.9 Å². The number of nitrogens with zero attached hydrogens (tertiary/aromatic N) is 2. The van der Waals surface area contributed by atoms with Crippen LogP contribution in [-0.4, -0.2) is 33.2 Å². The summed E-state index contributed by atoms with van der Waals surface area (Å²) in [6, 6.07) is 2.79. The highest BCUT2D eigenvalue weighted by molar-refractivity contribution is 6.35. The summed E-state index contributed by atoms with van der Waals surface area (Å²) >= 11 is 12.5. The van der Waals surface area contributed by atoms with Gasteiger partial charge in [0.2, 0.25) is 0 Å². The average molecular weight is 301 g/mol. The number of pyridine rings is 1. The molecular weight excluding hydrogens is 283 g/mol. The van der Waals surface area contributed by atoms with Gasteiger partial charge in [0.1, 0.15) is 5.15 Å². The minimum Gasteiger partial charge on any atom is -0.393 e. The highest BCUT2D eigenvalue weighted by Crippen LogP contribution is 2.38. The molecule has 104 valence electrons. The molecular formula is C14H18Cl2N2O. The number of aliphatic hydroxyl groups excluding tert-OH is 1. The van der Waals surface area contributed by atoms with Crippen LogP contribution in [0, 0.1) is 6.92 Å². The van der Waals surface area contributed by atoms with E-state index in [9.17, 15) is 5.11 Å². The van der Waals surface area contributed by atoms with E-state index in [1.54, 1.807) is 0 Å². The number of piperidine rings is 1. The van der Waals surface area contributed by atoms with Crippen LogP contribution >= 0.6 is 23.2 Å². The third kappa shape index (κ3) is 2.62. The van der Waals surface area contributed by atoms with E-state index in [2.05, 4.69) is 9.88 Å². The maximum atomic E-state index is 9.83. The molecule has 3 nitrogen and oxygen atoms in total. The van der Waals surface area contributed by atoms with E-state index in [4.69, 9.17) is 23.2 Å². The highest BCUT2D eigenvalue weighted by Gasteiger charge is 2.40. The first-order chi connectivity index (χ1) is 9.04. The number of aliphatic hydroxyl groups is 1. The number of hydrogen-bond acceptors (Lipinski definition) is 3. The summed E-state index contributed by atoms with van der Waals surface area (Å²) in [5.41, 5.74) is 1.76. The number of hydrogen-bond donors (Lipinski definition) is 1. The van der Waals surface area contributed by atoms with Crippen LogP contribution in [0.15, 0.2) is 6.07 Å². The topological polar surface area (TPSA) is 36.4 Å². The first-order valence-electron chi connectivity index (χ1n) is 6.80. The zero-order valence-electron chi connectivity index (χ0n) is 10.9. The largest absolute Gasteiger partial charge is 0.393 e. The van der Waals surface area contributed by atoms with Crippen molar-refractivity contribution in [1.29, 1.82) is 0 Å². The van der Waals surface area contributed by atoms with E-state index >= 15 is 0 Å². The Bertz CT molecular complexity index is 457. The molecule has 0 spiro atoms. The molecule has 0 saturated carbocycles. The summed E-state index contributed by atoms with van der Waals surface area (Å²) in [5, 5.41) is 11.0. The molecule has 2 atom stereocenters. The van der Waals surface area contributed by atoms with Crippen LogP contribution in [0.4, 0.5) is 0 Å². The SMILES string of the molecule is Cc1cc(Cl)c(CN2C3CCC2CC(O)C3)c(Cl)n1. The fourth-order valence-electron chi connectivity index (χ4n) is 3.45. The van der Waals surface area contributed by atoms with Gasteiger partial charge in [-0.25, -0.2) is 4.98 Å². The van der Waals surface area contributed by atoms with Crippen molar-refractivity contribution in [3.05, 3.63) is 27.5 Å². The highest BCUT2D eigenvalue weighted by atomic mass is 35.5. The second-order valence-electron chi connectivity index (χ2n) is 5.70. The Morgan fingerprint density at radius 3 is 2.53 bits per heavy atom. The lowest BCUT2D eigenvalue weighted by Gasteiger charge is -2.37. The van der Waals surface area contributed by atoms with Gasteiger partial charge in [0.25, 0.3) is 0 Å². The van der Waals surface area contributed by atoms with E-state index in [-0.39, 0.29) is 6.10 Å². The van der Waals surface area contributed by atoms with E-state index in [0.29, 0.717) is 22.3 Å². The molecule has 0 aliphatic carbocycles. The van der Waals surface area contributed by atoms with Crippen molar-refractivity contribution in [3.63, 3.8) is 0 Å². The Balaban J connectivity index is 1.83. The molecule has 2 fully saturated rings. The summed E-state index contributed by atoms with van der Waals surface area (Å²) in [6.07, 6.45) is 3.92. The average Bonchev–Trinajstić information content (AvgIpc) is 2.55. The molecule has 3 rings (SSSR count). The zero-order chi connectivity index (χ0) is 13.6. The zero-order valence-corrected chi connectivity index (χ0v) is 12.5. The van der Waals surface area contributed by atoms with Crippen LogP contribution in [0.25, 0.3) is 0 Å². The monoisotopic (exact) mass is 300 g/mol. The molecule has 0 aromatic carbocycles. The number of halogens is 2. The molecule has 1 aromatic rings. The molecule has 1 N–H and O–H groups in total. The smallest absolute Gasteiger partial charge is 0.135 e. The van der Waals surface area contributed by atoms with E-state index in [1.165, 1.54) is 0 Å². The summed E-state index contributed by atoms with van der Waals surface area (Å²) in [7, 11) is 0. The molecule has 3 heterocycles. The molecule has 19 heavy (non-hydrogen) atoms. The van der Waals surface area contributed by atoms with Gasteiger partial charge < -0.3 is 5.11 Å². The quantitative estimate of drug-likeness (QED) is 0.852. The summed E-state index contributed by atoms with van der Waals surface area (Å²) in [6.45, 7) is 2.63. The van der Waals surface area contributed by atoms with Crippen LogP contribution in [0.2, 0.25) is 10.2 Å². The number of fused-ring (bicyclic) bond motifs is 2. The maximum Gasteiger partial charge on any atom is 0.135 e. The summed E-state index contributed by atoms with van der Waals surface area (Å²) in [5.74, 6) is 0. The minimum absolute atomic E-state index is 0.143. The number of rotatable bonds is 2. The molecule has 2 aliphatic heterocycles. The fraction of sp³-hybridized carbons (Fsp3) is 0.643. The van der Waals surface area contributed by atoms with Crippen molar-refractivity contribution in [2.75, 3.05) is 0 Å². The molecule has 2 saturated heterocycles. The van der Waals surface area contributed by atoms with Crippen LogP contribution in [0.3, 0.4) is 0 Å². The van der Waals surface area contributed by atoms with Crippen molar-refractivity contribution < 1.29 is 5.11 Å². The third-order valence-corrected chi connectivity index (χ3v) is 5.00. The van der Waals surface area contributed by atoms with Crippen molar-refractivity contribution in [2.45, 2.75) is 57.3 Å². The second-order valence-corrected chi connectivity index (χ2v) is 6.46. The van der Waals surface area contributed by atoms with Crippen molar-refractivity contribution in [1.82, 2.24) is 9.88 Å². The predicted molar refractivity (Wildman–Crippen MR) is 76.6 cm³/mol. The fourth-order valence-corrected chi connectivity index (χ4v) is 4.10. The van der Waals surface area contributed by atoms with E-state index in [0.717, 1.165) is 43.5 Å². The van der Waals surface area contributed by atoms with Crippen LogP contribution < -0.4 is 0 Å². The maximum absolute atomic E-state index is 9.83. The summed E-state index contributed by atoms with van der Waals surface area (Å²) < 4.78 is 0. The van der Waals surface area contributed by atoms with Gasteiger partial charge in [-0.3, -0.25) is 4.90 Å². The van der Waals surface area contributed by atoms with Gasteiger partial charge in [-0.2, -0.15) is 0 Å². The molecule has 5 heteroatoms. The second kappa shape index (κ2) is 5.21. The van der Waals surface area contributed by atoms with Crippen LogP contribution in [0.5, 0.6) is 0 Å². The third-order valence-electron chi connectivity index (χ3n) is 4.35. The molecule has 2 aliphatic rings. The molecule has 2 unspecified atom stereocenters. The number of aryl methyl sites for hydroxylation is 1. The van der Waals surface area contributed by atoms with Crippen molar-refractivity contribution >= 4 is 23.2 Å². The molecule has 0 radical (unpaired) electrons. The Morgan fingerprint density at radius 2 is 1.95 bits per heavy atom. The lowest BCUT2D eigenvalue weighted by Crippen LogP contribution is -2.44. The lowest BCUT2D eigenvalue weighted by atomic mass is 9.99. The number of aromatic nitrogens is 1. The van der Waals surface area contributed by atoms with Gasteiger partial charge in [0, 0.05) is 34.9 Å². The molecule has 1 aromatic heterocycles. The van der Waals surface area contributed by atoms with E-state index in [1.807, 2.05) is 13.0 Å². The van der Waals surface area contributed by atoms with Gasteiger partial charge in [-0.05, 0) is 38.7 Å². The van der Waals surface area contributed by atoms with Gasteiger partial charge in [0.15, 0.2) is 0 Å². The molecule has 2 bridgehead atoms. The molecule has 0 amide bonds. The Hall–Kier alpha value is -0.350. The van der Waals surface area contributed by atoms with Crippen molar-refractivity contribution in [2.24, 2.45) is 0 Å². The standard InChI is InChI=1S/C14H18Cl2N2O/c1-8-4-13(15)12(14(16)17-8)7-18-9-2-3-10(18)6-11(19)5-9/h4,9-11,19H,2-3,5-7H2,1H3. The Labute approximate surface area is 123 Å². The van der Waals surface area contributed by atoms with Gasteiger partial charge in [-0.1, -0.05) is 23.2 Å². The van der Waals surface area contributed by atoms with Gasteiger partial charge in [0.05, 0.1) is 6.10 Å². The Kier molecular flexibility index (Phi) is 3.73. The lowest BCUT2D eigenvalue weighted by molar-refractivity contribution is 0.0310. The van der Waals surface area contributed by atoms with E-state index < -0.39 is 0 Å². The minimum atomic E-state index is -0.143. The Morgan fingerprint density at radius 1 is 1.32 bits per heavy atom. The normalized spacial score (nSPS) is 30.8. The van der Waals surface area contributed by atoms with Crippen molar-refractivity contribution in [3.8, 4) is 0 Å². The predicted octanol–water partition coefficient (Wildman–Crippen LogP) is 3.18. The first kappa shape index (κ1) is 13.6. The van der Waals surface area contributed by atoms with Gasteiger partial charge >= 0.3 is 0 Å². The van der Waals surface area contributed by atoms with Crippen LogP contribution in [-0.2, 0) is 6.54 Å². The first-order valence-corrected chi connectivity index (χ1v) is 7.55. The van der Waals surface area contributed by atoms with Gasteiger partial charge in [-0.15, -0.1) is 0 Å². The summed E-state index contributed by atoms with van der Waals surface area (Å²) in [4.78, 5) is 6.73.